The first-order chi connectivity index (χ1) is 12.2. The molecule has 1 atom stereocenters. The molecule has 2 rings (SSSR count). The normalized spacial score (nSPS) is 22.3. The number of nitrogens with one attached hydrogen (secondary N) is 2. The smallest absolute Gasteiger partial charge is 0.191 e. The van der Waals surface area contributed by atoms with E-state index in [4.69, 9.17) is 9.73 Å². The van der Waals surface area contributed by atoms with E-state index in [0.29, 0.717) is 11.3 Å². The zero-order valence-electron chi connectivity index (χ0n) is 16.8. The van der Waals surface area contributed by atoms with Crippen molar-refractivity contribution >= 4 is 5.96 Å². The summed E-state index contributed by atoms with van der Waals surface area (Å²) in [4.78, 5) is 7.52. The van der Waals surface area contributed by atoms with E-state index in [1.165, 1.54) is 58.2 Å². The maximum Gasteiger partial charge on any atom is 0.191 e. The first kappa shape index (κ1) is 20.5. The number of hydrogen-bond acceptors (Lipinski definition) is 3. The van der Waals surface area contributed by atoms with Gasteiger partial charge in [0.25, 0.3) is 0 Å². The molecule has 0 amide bonds. The monoisotopic (exact) mass is 352 g/mol. The summed E-state index contributed by atoms with van der Waals surface area (Å²) in [5, 5.41) is 6.98. The van der Waals surface area contributed by atoms with E-state index in [1.54, 1.807) is 7.11 Å². The van der Waals surface area contributed by atoms with Crippen molar-refractivity contribution in [1.82, 2.24) is 15.5 Å². The molecular formula is C20H40N4O. The second kappa shape index (κ2) is 11.0. The van der Waals surface area contributed by atoms with Gasteiger partial charge in [-0.1, -0.05) is 19.8 Å². The molecule has 2 N–H and O–H groups in total. The van der Waals surface area contributed by atoms with Crippen molar-refractivity contribution in [3.63, 3.8) is 0 Å². The fourth-order valence-corrected chi connectivity index (χ4v) is 3.99. The Morgan fingerprint density at radius 1 is 1.16 bits per heavy atom. The van der Waals surface area contributed by atoms with E-state index in [0.717, 1.165) is 38.6 Å². The van der Waals surface area contributed by atoms with Crippen LogP contribution in [0.4, 0.5) is 0 Å². The third-order valence-corrected chi connectivity index (χ3v) is 5.80. The van der Waals surface area contributed by atoms with Crippen LogP contribution in [-0.2, 0) is 4.74 Å². The van der Waals surface area contributed by atoms with Gasteiger partial charge < -0.3 is 20.3 Å². The number of piperidine rings is 1. The topological polar surface area (TPSA) is 48.9 Å². The predicted molar refractivity (Wildman–Crippen MR) is 106 cm³/mol. The minimum absolute atomic E-state index is 0.387. The van der Waals surface area contributed by atoms with Gasteiger partial charge in [-0.05, 0) is 63.5 Å². The maximum atomic E-state index is 5.29. The minimum atomic E-state index is 0.387. The molecule has 0 radical (unpaired) electrons. The molecule has 1 heterocycles. The molecule has 0 aromatic carbocycles. The van der Waals surface area contributed by atoms with Crippen molar-refractivity contribution in [2.45, 2.75) is 58.8 Å². The summed E-state index contributed by atoms with van der Waals surface area (Å²) in [6, 6.07) is 0. The fourth-order valence-electron chi connectivity index (χ4n) is 3.99. The van der Waals surface area contributed by atoms with Crippen molar-refractivity contribution in [3.05, 3.63) is 0 Å². The van der Waals surface area contributed by atoms with Crippen LogP contribution in [-0.4, -0.2) is 63.8 Å². The third-order valence-electron chi connectivity index (χ3n) is 5.80. The highest BCUT2D eigenvalue weighted by Crippen LogP contribution is 2.44. The van der Waals surface area contributed by atoms with Gasteiger partial charge in [0.15, 0.2) is 5.96 Å². The molecule has 2 fully saturated rings. The summed E-state index contributed by atoms with van der Waals surface area (Å²) in [5.41, 5.74) is 0.387. The van der Waals surface area contributed by atoms with Crippen LogP contribution < -0.4 is 10.6 Å². The molecular weight excluding hydrogens is 312 g/mol. The summed E-state index contributed by atoms with van der Waals surface area (Å²) in [6.07, 6.45) is 9.22. The van der Waals surface area contributed by atoms with Crippen LogP contribution >= 0.6 is 0 Å². The first-order valence-electron chi connectivity index (χ1n) is 10.4. The number of nitrogens with zero attached hydrogens (tertiary/aromatic N) is 2. The molecule has 0 aromatic rings. The van der Waals surface area contributed by atoms with Gasteiger partial charge in [0.05, 0.1) is 0 Å². The number of guanidine groups is 1. The van der Waals surface area contributed by atoms with Crippen LogP contribution in [0.1, 0.15) is 58.8 Å². The molecule has 5 heteroatoms. The zero-order chi connectivity index (χ0) is 18.0. The quantitative estimate of drug-likeness (QED) is 0.469. The lowest BCUT2D eigenvalue weighted by molar-refractivity contribution is 0.0778. The van der Waals surface area contributed by atoms with E-state index in [-0.39, 0.29) is 0 Å². The number of likely N-dealkylation sites (tertiary alicyclic amines) is 1. The highest BCUT2D eigenvalue weighted by atomic mass is 16.5. The van der Waals surface area contributed by atoms with Crippen molar-refractivity contribution < 1.29 is 4.74 Å². The largest absolute Gasteiger partial charge is 0.385 e. The predicted octanol–water partition coefficient (Wildman–Crippen LogP) is 2.87. The SMILES string of the molecule is CCNC(=NCC1(CCOC)CCC1)NCC(C)CN1CCCCC1. The zero-order valence-corrected chi connectivity index (χ0v) is 16.8. The highest BCUT2D eigenvalue weighted by molar-refractivity contribution is 5.79. The molecule has 2 aliphatic rings. The average molecular weight is 353 g/mol. The maximum absolute atomic E-state index is 5.29. The Hall–Kier alpha value is -0.810. The van der Waals surface area contributed by atoms with Gasteiger partial charge in [-0.25, -0.2) is 0 Å². The molecule has 1 aliphatic carbocycles. The van der Waals surface area contributed by atoms with Gasteiger partial charge >= 0.3 is 0 Å². The minimum Gasteiger partial charge on any atom is -0.385 e. The lowest BCUT2D eigenvalue weighted by atomic mass is 9.67. The number of rotatable bonds is 10. The summed E-state index contributed by atoms with van der Waals surface area (Å²) >= 11 is 0. The summed E-state index contributed by atoms with van der Waals surface area (Å²) in [6.45, 7) is 11.9. The van der Waals surface area contributed by atoms with E-state index in [1.807, 2.05) is 0 Å². The Labute approximate surface area is 155 Å². The molecule has 0 spiro atoms. The summed E-state index contributed by atoms with van der Waals surface area (Å²) < 4.78 is 5.29. The molecule has 1 aliphatic heterocycles. The standard InChI is InChI=1S/C20H40N4O/c1-4-21-19(23-17-20(9-8-10-20)11-14-25-3)22-15-18(2)16-24-12-6-5-7-13-24/h18H,4-17H2,1-3H3,(H2,21,22,23). The Balaban J connectivity index is 1.76. The Bertz CT molecular complexity index is 389. The molecule has 5 nitrogen and oxygen atoms in total. The van der Waals surface area contributed by atoms with Crippen molar-refractivity contribution in [1.29, 1.82) is 0 Å². The molecule has 0 aromatic heterocycles. The Kier molecular flexibility index (Phi) is 9.04. The first-order valence-corrected chi connectivity index (χ1v) is 10.4. The molecule has 1 unspecified atom stereocenters. The van der Waals surface area contributed by atoms with Crippen molar-refractivity contribution in [2.24, 2.45) is 16.3 Å². The average Bonchev–Trinajstić information content (AvgIpc) is 2.59. The molecule has 146 valence electrons. The van der Waals surface area contributed by atoms with Crippen LogP contribution in [0.3, 0.4) is 0 Å². The number of aliphatic imine (C=N–C) groups is 1. The molecule has 1 saturated carbocycles. The number of ether oxygens (including phenoxy) is 1. The highest BCUT2D eigenvalue weighted by Gasteiger charge is 2.36. The van der Waals surface area contributed by atoms with Crippen molar-refractivity contribution in [2.75, 3.05) is 53.0 Å². The van der Waals surface area contributed by atoms with E-state index < -0.39 is 0 Å². The second-order valence-electron chi connectivity index (χ2n) is 8.14. The van der Waals surface area contributed by atoms with Gasteiger partial charge in [0.1, 0.15) is 0 Å². The fraction of sp³-hybridized carbons (Fsp3) is 0.950. The lowest BCUT2D eigenvalue weighted by Crippen LogP contribution is -2.43. The number of methoxy groups -OCH3 is 1. The van der Waals surface area contributed by atoms with Gasteiger partial charge in [-0.3, -0.25) is 4.99 Å². The number of hydrogen-bond donors (Lipinski definition) is 2. The second-order valence-corrected chi connectivity index (χ2v) is 8.14. The van der Waals surface area contributed by atoms with Gasteiger partial charge in [0.2, 0.25) is 0 Å². The van der Waals surface area contributed by atoms with Crippen LogP contribution in [0.25, 0.3) is 0 Å². The van der Waals surface area contributed by atoms with Crippen molar-refractivity contribution in [3.8, 4) is 0 Å². The molecule has 0 bridgehead atoms. The van der Waals surface area contributed by atoms with Crippen LogP contribution in [0.5, 0.6) is 0 Å². The van der Waals surface area contributed by atoms with Crippen LogP contribution in [0.2, 0.25) is 0 Å². The van der Waals surface area contributed by atoms with Crippen LogP contribution in [0.15, 0.2) is 4.99 Å². The summed E-state index contributed by atoms with van der Waals surface area (Å²) in [7, 11) is 1.80. The van der Waals surface area contributed by atoms with E-state index >= 15 is 0 Å². The van der Waals surface area contributed by atoms with Gasteiger partial charge in [-0.15, -0.1) is 0 Å². The van der Waals surface area contributed by atoms with E-state index in [2.05, 4.69) is 29.4 Å². The summed E-state index contributed by atoms with van der Waals surface area (Å²) in [5.74, 6) is 1.63. The Morgan fingerprint density at radius 3 is 2.52 bits per heavy atom. The van der Waals surface area contributed by atoms with Crippen LogP contribution in [0, 0.1) is 11.3 Å². The third kappa shape index (κ3) is 7.14. The van der Waals surface area contributed by atoms with Gasteiger partial charge in [0, 0.05) is 39.9 Å². The lowest BCUT2D eigenvalue weighted by Gasteiger charge is -2.40. The molecule has 1 saturated heterocycles. The van der Waals surface area contributed by atoms with E-state index in [9.17, 15) is 0 Å². The van der Waals surface area contributed by atoms with Gasteiger partial charge in [-0.2, -0.15) is 0 Å². The molecule has 25 heavy (non-hydrogen) atoms. The Morgan fingerprint density at radius 2 is 1.92 bits per heavy atom.